The van der Waals surface area contributed by atoms with Gasteiger partial charge in [-0.15, -0.1) is 0 Å². The number of aliphatic hydroxyl groups is 1. The molecule has 0 spiro atoms. The van der Waals surface area contributed by atoms with Gasteiger partial charge in [0.2, 0.25) is 0 Å². The largest absolute Gasteiger partial charge is 0.386 e. The molecule has 0 aromatic heterocycles. The lowest BCUT2D eigenvalue weighted by molar-refractivity contribution is -0.0288. The van der Waals surface area contributed by atoms with Crippen molar-refractivity contribution >= 4 is 0 Å². The summed E-state index contributed by atoms with van der Waals surface area (Å²) < 4.78 is 5.58. The molecule has 2 atom stereocenters. The zero-order chi connectivity index (χ0) is 12.0. The molecule has 0 aliphatic rings. The second-order valence-electron chi connectivity index (χ2n) is 4.28. The van der Waals surface area contributed by atoms with Crippen LogP contribution in [0.3, 0.4) is 0 Å². The normalized spacial score (nSPS) is 14.8. The van der Waals surface area contributed by atoms with Crippen molar-refractivity contribution in [1.29, 1.82) is 0 Å². The van der Waals surface area contributed by atoms with E-state index in [2.05, 4.69) is 6.92 Å². The molecule has 1 aromatic rings. The van der Waals surface area contributed by atoms with E-state index >= 15 is 0 Å². The van der Waals surface area contributed by atoms with E-state index in [1.165, 1.54) is 5.56 Å². The number of benzene rings is 1. The van der Waals surface area contributed by atoms with Crippen molar-refractivity contribution in [3.8, 4) is 0 Å². The molecule has 16 heavy (non-hydrogen) atoms. The molecule has 2 unspecified atom stereocenters. The Labute approximate surface area is 98.3 Å². The highest BCUT2D eigenvalue weighted by Gasteiger charge is 2.16. The molecule has 2 heteroatoms. The molecule has 0 heterocycles. The fourth-order valence-corrected chi connectivity index (χ4v) is 1.54. The van der Waals surface area contributed by atoms with E-state index in [-0.39, 0.29) is 6.10 Å². The van der Waals surface area contributed by atoms with Crippen molar-refractivity contribution in [2.24, 2.45) is 0 Å². The summed E-state index contributed by atoms with van der Waals surface area (Å²) in [5, 5.41) is 10.1. The molecule has 1 rings (SSSR count). The Kier molecular flexibility index (Phi) is 5.50. The molecule has 0 aliphatic heterocycles. The van der Waals surface area contributed by atoms with Crippen LogP contribution in [0.4, 0.5) is 0 Å². The Balaban J connectivity index is 2.49. The zero-order valence-corrected chi connectivity index (χ0v) is 10.4. The van der Waals surface area contributed by atoms with Crippen LogP contribution in [0, 0.1) is 6.92 Å². The maximum absolute atomic E-state index is 10.1. The molecule has 90 valence electrons. The fourth-order valence-electron chi connectivity index (χ4n) is 1.54. The average Bonchev–Trinajstić information content (AvgIpc) is 2.29. The van der Waals surface area contributed by atoms with Crippen molar-refractivity contribution in [1.82, 2.24) is 0 Å². The Bertz CT molecular complexity index is 292. The molecule has 1 aromatic carbocycles. The van der Waals surface area contributed by atoms with E-state index < -0.39 is 6.10 Å². The first-order valence-electron chi connectivity index (χ1n) is 6.01. The molecule has 1 N–H and O–H groups in total. The molecular weight excluding hydrogens is 200 g/mol. The Hall–Kier alpha value is -0.860. The van der Waals surface area contributed by atoms with Crippen LogP contribution in [0.15, 0.2) is 24.3 Å². The summed E-state index contributed by atoms with van der Waals surface area (Å²) in [6, 6.07) is 7.94. The maximum atomic E-state index is 10.1. The van der Waals surface area contributed by atoms with Gasteiger partial charge >= 0.3 is 0 Å². The predicted molar refractivity (Wildman–Crippen MR) is 66.5 cm³/mol. The molecular formula is C14H22O2. The quantitative estimate of drug-likeness (QED) is 0.749. The van der Waals surface area contributed by atoms with Crippen LogP contribution >= 0.6 is 0 Å². The van der Waals surface area contributed by atoms with Gasteiger partial charge in [0.1, 0.15) is 6.10 Å². The molecule has 0 saturated carbocycles. The first kappa shape index (κ1) is 13.2. The van der Waals surface area contributed by atoms with Gasteiger partial charge < -0.3 is 9.84 Å². The highest BCUT2D eigenvalue weighted by atomic mass is 16.5. The zero-order valence-electron chi connectivity index (χ0n) is 10.4. The Morgan fingerprint density at radius 1 is 1.25 bits per heavy atom. The molecule has 0 aliphatic carbocycles. The van der Waals surface area contributed by atoms with Crippen molar-refractivity contribution < 1.29 is 9.84 Å². The van der Waals surface area contributed by atoms with E-state index in [1.54, 1.807) is 0 Å². The molecule has 0 bridgehead atoms. The van der Waals surface area contributed by atoms with Gasteiger partial charge in [-0.1, -0.05) is 43.2 Å². The predicted octanol–water partition coefficient (Wildman–Crippen LogP) is 3.23. The van der Waals surface area contributed by atoms with Crippen molar-refractivity contribution in [3.63, 3.8) is 0 Å². The number of ether oxygens (including phenoxy) is 1. The lowest BCUT2D eigenvalue weighted by atomic mass is 10.0. The van der Waals surface area contributed by atoms with Crippen LogP contribution in [0.2, 0.25) is 0 Å². The maximum Gasteiger partial charge on any atom is 0.105 e. The van der Waals surface area contributed by atoms with Gasteiger partial charge in [0, 0.05) is 6.61 Å². The number of aryl methyl sites for hydroxylation is 1. The average molecular weight is 222 g/mol. The minimum absolute atomic E-state index is 0.144. The standard InChI is InChI=1S/C14H22O2/c1-4-5-10-16-12(3)14(15)13-8-6-11(2)7-9-13/h6-9,12,14-15H,4-5,10H2,1-3H3. The van der Waals surface area contributed by atoms with Crippen molar-refractivity contribution in [3.05, 3.63) is 35.4 Å². The van der Waals surface area contributed by atoms with Gasteiger partial charge in [-0.25, -0.2) is 0 Å². The first-order chi connectivity index (χ1) is 7.65. The smallest absolute Gasteiger partial charge is 0.105 e. The third-order valence-electron chi connectivity index (χ3n) is 2.74. The number of unbranched alkanes of at least 4 members (excludes halogenated alkanes) is 1. The second-order valence-corrected chi connectivity index (χ2v) is 4.28. The number of hydrogen-bond donors (Lipinski definition) is 1. The van der Waals surface area contributed by atoms with E-state index in [9.17, 15) is 5.11 Å². The third kappa shape index (κ3) is 3.95. The minimum atomic E-state index is -0.530. The molecule has 0 radical (unpaired) electrons. The Morgan fingerprint density at radius 2 is 1.88 bits per heavy atom. The SMILES string of the molecule is CCCCOC(C)C(O)c1ccc(C)cc1. The Morgan fingerprint density at radius 3 is 2.44 bits per heavy atom. The van der Waals surface area contributed by atoms with Crippen LogP contribution in [0.5, 0.6) is 0 Å². The van der Waals surface area contributed by atoms with Crippen molar-refractivity contribution in [2.45, 2.75) is 45.8 Å². The third-order valence-corrected chi connectivity index (χ3v) is 2.74. The summed E-state index contributed by atoms with van der Waals surface area (Å²) in [7, 11) is 0. The monoisotopic (exact) mass is 222 g/mol. The molecule has 0 fully saturated rings. The summed E-state index contributed by atoms with van der Waals surface area (Å²) in [6.07, 6.45) is 1.49. The van der Waals surface area contributed by atoms with Crippen LogP contribution in [0.1, 0.15) is 43.9 Å². The first-order valence-corrected chi connectivity index (χ1v) is 6.01. The van der Waals surface area contributed by atoms with E-state index in [0.717, 1.165) is 25.0 Å². The van der Waals surface area contributed by atoms with E-state index in [0.29, 0.717) is 0 Å². The number of aliphatic hydroxyl groups excluding tert-OH is 1. The lowest BCUT2D eigenvalue weighted by Gasteiger charge is -2.19. The van der Waals surface area contributed by atoms with Gasteiger partial charge in [-0.2, -0.15) is 0 Å². The summed E-state index contributed by atoms with van der Waals surface area (Å²) in [5.41, 5.74) is 2.13. The van der Waals surface area contributed by atoms with Gasteiger partial charge in [-0.05, 0) is 25.8 Å². The van der Waals surface area contributed by atoms with Crippen LogP contribution in [-0.2, 0) is 4.74 Å². The number of rotatable bonds is 6. The molecule has 2 nitrogen and oxygen atoms in total. The number of hydrogen-bond acceptors (Lipinski definition) is 2. The van der Waals surface area contributed by atoms with Crippen molar-refractivity contribution in [2.75, 3.05) is 6.61 Å². The van der Waals surface area contributed by atoms with Crippen LogP contribution < -0.4 is 0 Å². The summed E-state index contributed by atoms with van der Waals surface area (Å²) >= 11 is 0. The lowest BCUT2D eigenvalue weighted by Crippen LogP contribution is -2.19. The second kappa shape index (κ2) is 6.66. The minimum Gasteiger partial charge on any atom is -0.386 e. The van der Waals surface area contributed by atoms with Gasteiger partial charge in [0.25, 0.3) is 0 Å². The van der Waals surface area contributed by atoms with Gasteiger partial charge in [-0.3, -0.25) is 0 Å². The molecule has 0 saturated heterocycles. The molecule has 0 amide bonds. The van der Waals surface area contributed by atoms with E-state index in [4.69, 9.17) is 4.74 Å². The van der Waals surface area contributed by atoms with E-state index in [1.807, 2.05) is 38.1 Å². The van der Waals surface area contributed by atoms with Gasteiger partial charge in [0.05, 0.1) is 6.10 Å². The summed E-state index contributed by atoms with van der Waals surface area (Å²) in [4.78, 5) is 0. The van der Waals surface area contributed by atoms with Crippen LogP contribution in [0.25, 0.3) is 0 Å². The van der Waals surface area contributed by atoms with Gasteiger partial charge in [0.15, 0.2) is 0 Å². The summed E-state index contributed by atoms with van der Waals surface area (Å²) in [5.74, 6) is 0. The fraction of sp³-hybridized carbons (Fsp3) is 0.571. The summed E-state index contributed by atoms with van der Waals surface area (Å²) in [6.45, 7) is 6.81. The highest BCUT2D eigenvalue weighted by Crippen LogP contribution is 2.19. The topological polar surface area (TPSA) is 29.5 Å². The highest BCUT2D eigenvalue weighted by molar-refractivity contribution is 5.23. The van der Waals surface area contributed by atoms with Crippen LogP contribution in [-0.4, -0.2) is 17.8 Å².